The van der Waals surface area contributed by atoms with Crippen molar-refractivity contribution in [1.82, 2.24) is 4.98 Å². The molecule has 1 heterocycles. The van der Waals surface area contributed by atoms with Gasteiger partial charge in [0, 0.05) is 6.20 Å². The van der Waals surface area contributed by atoms with Crippen LogP contribution in [0.5, 0.6) is 5.88 Å². The number of nitrogen functional groups attached to an aromatic ring is 1. The van der Waals surface area contributed by atoms with E-state index in [-0.39, 0.29) is 0 Å². The van der Waals surface area contributed by atoms with Crippen LogP contribution >= 0.6 is 11.6 Å². The molecule has 0 aliphatic carbocycles. The van der Waals surface area contributed by atoms with Crippen molar-refractivity contribution in [2.45, 2.75) is 26.7 Å². The number of nitrogens with two attached hydrogens (primary N) is 1. The number of hydrogen-bond donors (Lipinski definition) is 1. The Bertz CT molecular complexity index is 315. The van der Waals surface area contributed by atoms with E-state index >= 15 is 0 Å². The van der Waals surface area contributed by atoms with Crippen LogP contribution in [-0.2, 0) is 0 Å². The molecule has 0 bridgehead atoms. The predicted octanol–water partition coefficient (Wildman–Crippen LogP) is 3.13. The van der Waals surface area contributed by atoms with E-state index in [1.54, 1.807) is 6.07 Å². The van der Waals surface area contributed by atoms with Gasteiger partial charge >= 0.3 is 0 Å². The van der Waals surface area contributed by atoms with Crippen molar-refractivity contribution in [1.29, 1.82) is 0 Å². The molecule has 0 radical (unpaired) electrons. The highest BCUT2D eigenvalue weighted by atomic mass is 35.5. The smallest absolute Gasteiger partial charge is 0.237 e. The van der Waals surface area contributed by atoms with E-state index in [1.807, 2.05) is 0 Å². The fourth-order valence-corrected chi connectivity index (χ4v) is 1.39. The van der Waals surface area contributed by atoms with Gasteiger partial charge in [-0.2, -0.15) is 0 Å². The van der Waals surface area contributed by atoms with Crippen LogP contribution in [0.1, 0.15) is 26.7 Å². The van der Waals surface area contributed by atoms with Gasteiger partial charge in [0.05, 0.1) is 17.3 Å². The van der Waals surface area contributed by atoms with Crippen LogP contribution in [0.2, 0.25) is 5.02 Å². The number of nitrogens with zero attached hydrogens (tertiary/aromatic N) is 1. The molecule has 1 aromatic rings. The van der Waals surface area contributed by atoms with E-state index in [1.165, 1.54) is 6.20 Å². The van der Waals surface area contributed by atoms with Crippen molar-refractivity contribution in [3.8, 4) is 5.88 Å². The number of anilines is 1. The second-order valence-corrected chi connectivity index (χ2v) is 4.37. The van der Waals surface area contributed by atoms with Crippen LogP contribution in [0.25, 0.3) is 0 Å². The van der Waals surface area contributed by atoms with Gasteiger partial charge in [0.15, 0.2) is 0 Å². The molecule has 1 rings (SSSR count). The number of hydrogen-bond acceptors (Lipinski definition) is 3. The fraction of sp³-hybridized carbons (Fsp3) is 0.545. The summed E-state index contributed by atoms with van der Waals surface area (Å²) >= 11 is 5.72. The molecule has 0 spiro atoms. The van der Waals surface area contributed by atoms with Crippen LogP contribution in [0.15, 0.2) is 12.3 Å². The Morgan fingerprint density at radius 1 is 1.53 bits per heavy atom. The Hall–Kier alpha value is -0.960. The summed E-state index contributed by atoms with van der Waals surface area (Å²) < 4.78 is 5.45. The zero-order valence-electron chi connectivity index (χ0n) is 9.16. The van der Waals surface area contributed by atoms with Crippen LogP contribution in [0.3, 0.4) is 0 Å². The van der Waals surface area contributed by atoms with Crippen LogP contribution in [-0.4, -0.2) is 11.6 Å². The highest BCUT2D eigenvalue weighted by Gasteiger charge is 2.02. The molecule has 15 heavy (non-hydrogen) atoms. The number of ether oxygens (including phenoxy) is 1. The highest BCUT2D eigenvalue weighted by Crippen LogP contribution is 2.21. The SMILES string of the molecule is CC(C)CCCOc1ncc(Cl)cc1N. The van der Waals surface area contributed by atoms with Gasteiger partial charge in [-0.15, -0.1) is 0 Å². The van der Waals surface area contributed by atoms with Crippen LogP contribution < -0.4 is 10.5 Å². The van der Waals surface area contributed by atoms with Gasteiger partial charge in [-0.25, -0.2) is 4.98 Å². The molecule has 0 saturated heterocycles. The van der Waals surface area contributed by atoms with Gasteiger partial charge in [0.25, 0.3) is 0 Å². The van der Waals surface area contributed by atoms with Crippen LogP contribution in [0.4, 0.5) is 5.69 Å². The molecule has 0 saturated carbocycles. The molecule has 0 aliphatic rings. The zero-order chi connectivity index (χ0) is 11.3. The van der Waals surface area contributed by atoms with E-state index in [4.69, 9.17) is 22.1 Å². The third-order valence-electron chi connectivity index (χ3n) is 2.01. The maximum absolute atomic E-state index is 5.72. The maximum atomic E-state index is 5.72. The standard InChI is InChI=1S/C11H17ClN2O/c1-8(2)4-3-5-15-11-10(13)6-9(12)7-14-11/h6-8H,3-5,13H2,1-2H3. The molecule has 0 amide bonds. The molecule has 0 fully saturated rings. The van der Waals surface area contributed by atoms with Crippen molar-refractivity contribution >= 4 is 17.3 Å². The summed E-state index contributed by atoms with van der Waals surface area (Å²) in [5.41, 5.74) is 6.18. The molecule has 4 heteroatoms. The van der Waals surface area contributed by atoms with Crippen molar-refractivity contribution in [3.05, 3.63) is 17.3 Å². The number of aromatic nitrogens is 1. The van der Waals surface area contributed by atoms with E-state index in [0.29, 0.717) is 29.1 Å². The number of halogens is 1. The Kier molecular flexibility index (Phi) is 4.69. The molecule has 0 unspecified atom stereocenters. The van der Waals surface area contributed by atoms with E-state index in [9.17, 15) is 0 Å². The minimum absolute atomic E-state index is 0.475. The van der Waals surface area contributed by atoms with Crippen molar-refractivity contribution in [2.75, 3.05) is 12.3 Å². The number of pyridine rings is 1. The van der Waals surface area contributed by atoms with Gasteiger partial charge < -0.3 is 10.5 Å². The topological polar surface area (TPSA) is 48.1 Å². The zero-order valence-corrected chi connectivity index (χ0v) is 9.92. The molecular weight excluding hydrogens is 212 g/mol. The van der Waals surface area contributed by atoms with Gasteiger partial charge in [-0.05, 0) is 24.8 Å². The Morgan fingerprint density at radius 2 is 2.27 bits per heavy atom. The summed E-state index contributed by atoms with van der Waals surface area (Å²) in [6, 6.07) is 1.65. The summed E-state index contributed by atoms with van der Waals surface area (Å²) in [6.45, 7) is 5.03. The maximum Gasteiger partial charge on any atom is 0.237 e. The van der Waals surface area contributed by atoms with Crippen molar-refractivity contribution in [3.63, 3.8) is 0 Å². The summed E-state index contributed by atoms with van der Waals surface area (Å²) in [6.07, 6.45) is 3.70. The first-order chi connectivity index (χ1) is 7.09. The Morgan fingerprint density at radius 3 is 2.87 bits per heavy atom. The molecule has 2 N–H and O–H groups in total. The normalized spacial score (nSPS) is 10.7. The van der Waals surface area contributed by atoms with Crippen LogP contribution in [0, 0.1) is 5.92 Å². The summed E-state index contributed by atoms with van der Waals surface area (Å²) in [7, 11) is 0. The van der Waals surface area contributed by atoms with Crippen molar-refractivity contribution in [2.24, 2.45) is 5.92 Å². The lowest BCUT2D eigenvalue weighted by Gasteiger charge is -2.08. The second kappa shape index (κ2) is 5.81. The minimum Gasteiger partial charge on any atom is -0.476 e. The summed E-state index contributed by atoms with van der Waals surface area (Å²) in [4.78, 5) is 4.02. The van der Waals surface area contributed by atoms with E-state index < -0.39 is 0 Å². The average Bonchev–Trinajstić information content (AvgIpc) is 2.14. The lowest BCUT2D eigenvalue weighted by molar-refractivity contribution is 0.289. The molecule has 0 aliphatic heterocycles. The monoisotopic (exact) mass is 228 g/mol. The van der Waals surface area contributed by atoms with E-state index in [2.05, 4.69) is 18.8 Å². The van der Waals surface area contributed by atoms with Gasteiger partial charge in [-0.3, -0.25) is 0 Å². The first-order valence-electron chi connectivity index (χ1n) is 5.13. The quantitative estimate of drug-likeness (QED) is 0.788. The summed E-state index contributed by atoms with van der Waals surface area (Å²) in [5.74, 6) is 1.17. The number of rotatable bonds is 5. The molecular formula is C11H17ClN2O. The first kappa shape index (κ1) is 12.1. The van der Waals surface area contributed by atoms with Gasteiger partial charge in [0.1, 0.15) is 0 Å². The highest BCUT2D eigenvalue weighted by molar-refractivity contribution is 6.30. The predicted molar refractivity (Wildman–Crippen MR) is 63.2 cm³/mol. The molecule has 1 aromatic heterocycles. The van der Waals surface area contributed by atoms with Gasteiger partial charge in [-0.1, -0.05) is 25.4 Å². The third kappa shape index (κ3) is 4.38. The minimum atomic E-state index is 0.475. The Balaban J connectivity index is 2.37. The molecule has 0 aromatic carbocycles. The Labute approximate surface area is 95.6 Å². The largest absolute Gasteiger partial charge is 0.476 e. The molecule has 84 valence electrons. The second-order valence-electron chi connectivity index (χ2n) is 3.93. The lowest BCUT2D eigenvalue weighted by atomic mass is 10.1. The summed E-state index contributed by atoms with van der Waals surface area (Å²) in [5, 5.41) is 0.530. The van der Waals surface area contributed by atoms with Gasteiger partial charge in [0.2, 0.25) is 5.88 Å². The lowest BCUT2D eigenvalue weighted by Crippen LogP contribution is -2.03. The molecule has 0 atom stereocenters. The fourth-order valence-electron chi connectivity index (χ4n) is 1.22. The third-order valence-corrected chi connectivity index (χ3v) is 2.22. The van der Waals surface area contributed by atoms with E-state index in [0.717, 1.165) is 12.8 Å². The molecule has 3 nitrogen and oxygen atoms in total. The average molecular weight is 229 g/mol. The first-order valence-corrected chi connectivity index (χ1v) is 5.51. The van der Waals surface area contributed by atoms with Crippen molar-refractivity contribution < 1.29 is 4.74 Å².